The van der Waals surface area contributed by atoms with Crippen LogP contribution in [-0.4, -0.2) is 28.5 Å². The molecule has 0 amide bonds. The second-order valence-corrected chi connectivity index (χ2v) is 3.13. The van der Waals surface area contributed by atoms with E-state index >= 15 is 0 Å². The van der Waals surface area contributed by atoms with Crippen molar-refractivity contribution in [3.8, 4) is 0 Å². The Hall–Kier alpha value is -1.80. The highest BCUT2D eigenvalue weighted by Crippen LogP contribution is 2.13. The monoisotopic (exact) mass is 286 g/mol. The summed E-state index contributed by atoms with van der Waals surface area (Å²) in [4.78, 5) is 23.0. The normalized spacial score (nSPS) is 10.1. The van der Waals surface area contributed by atoms with Crippen molar-refractivity contribution in [3.63, 3.8) is 0 Å². The second kappa shape index (κ2) is 6.82. The van der Waals surface area contributed by atoms with Crippen molar-refractivity contribution in [1.82, 2.24) is 0 Å². The predicted molar refractivity (Wildman–Crippen MR) is 53.2 cm³/mol. The molecule has 100 valence electrons. The molecule has 0 saturated heterocycles. The van der Waals surface area contributed by atoms with Crippen molar-refractivity contribution in [2.24, 2.45) is 0 Å². The summed E-state index contributed by atoms with van der Waals surface area (Å²) in [5.74, 6) is -3.57. The first kappa shape index (κ1) is 16.2. The van der Waals surface area contributed by atoms with Gasteiger partial charge in [0.15, 0.2) is 0 Å². The molecule has 0 aliphatic heterocycles. The van der Waals surface area contributed by atoms with Crippen LogP contribution in [0.2, 0.25) is 5.02 Å². The van der Waals surface area contributed by atoms with E-state index in [1.807, 2.05) is 0 Å². The topological polar surface area (TPSA) is 83.8 Å². The molecule has 9 heteroatoms. The standard InChI is InChI=1S/C7H5ClO3.C2HF3O2/c8-6-3-1-2-5(4-6)7(9)11-10;3-2(4,5)1(6)7/h1-4,10H;(H,6,7). The summed E-state index contributed by atoms with van der Waals surface area (Å²) in [7, 11) is 0. The van der Waals surface area contributed by atoms with E-state index in [2.05, 4.69) is 4.89 Å². The van der Waals surface area contributed by atoms with E-state index in [1.54, 1.807) is 12.1 Å². The van der Waals surface area contributed by atoms with E-state index in [1.165, 1.54) is 12.1 Å². The van der Waals surface area contributed by atoms with Crippen molar-refractivity contribution in [1.29, 1.82) is 0 Å². The van der Waals surface area contributed by atoms with Gasteiger partial charge in [-0.05, 0) is 18.2 Å². The fourth-order valence-electron chi connectivity index (χ4n) is 0.668. The molecule has 0 saturated carbocycles. The Morgan fingerprint density at radius 2 is 1.78 bits per heavy atom. The van der Waals surface area contributed by atoms with Crippen LogP contribution in [0.15, 0.2) is 24.3 Å². The quantitative estimate of drug-likeness (QED) is 0.612. The molecule has 0 unspecified atom stereocenters. The van der Waals surface area contributed by atoms with Gasteiger partial charge in [-0.3, -0.25) is 4.89 Å². The molecule has 5 nitrogen and oxygen atoms in total. The maximum absolute atomic E-state index is 10.6. The number of carboxylic acids is 1. The number of hydrogen-bond acceptors (Lipinski definition) is 4. The Balaban J connectivity index is 0.000000360. The smallest absolute Gasteiger partial charge is 0.475 e. The van der Waals surface area contributed by atoms with Crippen LogP contribution in [0.1, 0.15) is 10.4 Å². The van der Waals surface area contributed by atoms with Crippen molar-refractivity contribution >= 4 is 23.5 Å². The zero-order valence-corrected chi connectivity index (χ0v) is 9.20. The summed E-state index contributed by atoms with van der Waals surface area (Å²) in [6.45, 7) is 0. The van der Waals surface area contributed by atoms with Gasteiger partial charge in [0, 0.05) is 5.02 Å². The Morgan fingerprint density at radius 1 is 1.28 bits per heavy atom. The predicted octanol–water partition coefficient (Wildman–Crippen LogP) is 2.60. The van der Waals surface area contributed by atoms with Gasteiger partial charge in [0.2, 0.25) is 0 Å². The first-order valence-electron chi connectivity index (χ1n) is 4.10. The number of benzene rings is 1. The van der Waals surface area contributed by atoms with E-state index in [0.717, 1.165) is 0 Å². The third-order valence-corrected chi connectivity index (χ3v) is 1.62. The van der Waals surface area contributed by atoms with Gasteiger partial charge in [-0.15, -0.1) is 0 Å². The maximum atomic E-state index is 10.6. The Kier molecular flexibility index (Phi) is 6.14. The lowest BCUT2D eigenvalue weighted by Crippen LogP contribution is -2.21. The molecule has 1 rings (SSSR count). The number of alkyl halides is 3. The van der Waals surface area contributed by atoms with E-state index < -0.39 is 18.1 Å². The van der Waals surface area contributed by atoms with Gasteiger partial charge in [0.1, 0.15) is 0 Å². The summed E-state index contributed by atoms with van der Waals surface area (Å²) in [6.07, 6.45) is -5.08. The first-order chi connectivity index (χ1) is 8.18. The largest absolute Gasteiger partial charge is 0.490 e. The molecule has 0 aliphatic rings. The van der Waals surface area contributed by atoms with Gasteiger partial charge in [-0.2, -0.15) is 18.4 Å². The molecule has 0 aromatic heterocycles. The van der Waals surface area contributed by atoms with Crippen LogP contribution in [0, 0.1) is 0 Å². The Morgan fingerprint density at radius 3 is 2.11 bits per heavy atom. The number of aliphatic carboxylic acids is 1. The molecular weight excluding hydrogens is 281 g/mol. The molecular formula is C9H6ClF3O5. The Bertz CT molecular complexity index is 432. The minimum absolute atomic E-state index is 0.222. The van der Waals surface area contributed by atoms with Crippen LogP contribution in [0.25, 0.3) is 0 Å². The van der Waals surface area contributed by atoms with Crippen LogP contribution < -0.4 is 0 Å². The van der Waals surface area contributed by atoms with Crippen LogP contribution in [-0.2, 0) is 9.68 Å². The lowest BCUT2D eigenvalue weighted by Gasteiger charge is -1.95. The molecule has 2 N–H and O–H groups in total. The molecule has 0 spiro atoms. The van der Waals surface area contributed by atoms with Crippen molar-refractivity contribution in [3.05, 3.63) is 34.9 Å². The molecule has 18 heavy (non-hydrogen) atoms. The van der Waals surface area contributed by atoms with Crippen molar-refractivity contribution in [2.75, 3.05) is 0 Å². The van der Waals surface area contributed by atoms with Gasteiger partial charge in [0.05, 0.1) is 5.56 Å². The zero-order chi connectivity index (χ0) is 14.3. The number of carbonyl (C=O) groups is 2. The SMILES string of the molecule is O=C(O)C(F)(F)F.O=C(OO)c1cccc(Cl)c1. The van der Waals surface area contributed by atoms with Gasteiger partial charge in [0.25, 0.3) is 0 Å². The number of hydrogen-bond donors (Lipinski definition) is 2. The number of carbonyl (C=O) groups excluding carboxylic acids is 1. The molecule has 0 heterocycles. The lowest BCUT2D eigenvalue weighted by atomic mass is 10.2. The average Bonchev–Trinajstić information content (AvgIpc) is 2.27. The number of rotatable bonds is 1. The lowest BCUT2D eigenvalue weighted by molar-refractivity contribution is -0.192. The van der Waals surface area contributed by atoms with Gasteiger partial charge in [-0.1, -0.05) is 17.7 Å². The second-order valence-electron chi connectivity index (χ2n) is 2.69. The summed E-state index contributed by atoms with van der Waals surface area (Å²) < 4.78 is 31.7. The summed E-state index contributed by atoms with van der Waals surface area (Å²) in [5, 5.41) is 15.5. The van der Waals surface area contributed by atoms with Crippen LogP contribution in [0.3, 0.4) is 0 Å². The summed E-state index contributed by atoms with van der Waals surface area (Å²) in [6, 6.07) is 6.11. The molecule has 0 bridgehead atoms. The van der Waals surface area contributed by atoms with Crippen LogP contribution in [0.5, 0.6) is 0 Å². The molecule has 1 aromatic carbocycles. The van der Waals surface area contributed by atoms with E-state index in [4.69, 9.17) is 26.8 Å². The highest BCUT2D eigenvalue weighted by atomic mass is 35.5. The minimum atomic E-state index is -5.08. The summed E-state index contributed by atoms with van der Waals surface area (Å²) in [5.41, 5.74) is 0.222. The van der Waals surface area contributed by atoms with Gasteiger partial charge >= 0.3 is 18.1 Å². The summed E-state index contributed by atoms with van der Waals surface area (Å²) >= 11 is 5.56. The maximum Gasteiger partial charge on any atom is 0.490 e. The molecule has 1 aromatic rings. The van der Waals surface area contributed by atoms with Gasteiger partial charge in [-0.25, -0.2) is 9.59 Å². The van der Waals surface area contributed by atoms with Crippen LogP contribution in [0.4, 0.5) is 13.2 Å². The fourth-order valence-corrected chi connectivity index (χ4v) is 0.858. The molecule has 0 fully saturated rings. The van der Waals surface area contributed by atoms with Gasteiger partial charge < -0.3 is 5.11 Å². The molecule has 0 aliphatic carbocycles. The van der Waals surface area contributed by atoms with Crippen molar-refractivity contribution in [2.45, 2.75) is 6.18 Å². The third-order valence-electron chi connectivity index (χ3n) is 1.39. The highest BCUT2D eigenvalue weighted by Gasteiger charge is 2.38. The Labute approximate surface area is 103 Å². The molecule has 0 atom stereocenters. The fraction of sp³-hybridized carbons (Fsp3) is 0.111. The van der Waals surface area contributed by atoms with Crippen LogP contribution >= 0.6 is 11.6 Å². The molecule has 0 radical (unpaired) electrons. The first-order valence-corrected chi connectivity index (χ1v) is 4.47. The average molecular weight is 287 g/mol. The zero-order valence-electron chi connectivity index (χ0n) is 8.44. The highest BCUT2D eigenvalue weighted by molar-refractivity contribution is 6.30. The third kappa shape index (κ3) is 6.06. The minimum Gasteiger partial charge on any atom is -0.475 e. The van der Waals surface area contributed by atoms with E-state index in [0.29, 0.717) is 5.02 Å². The van der Waals surface area contributed by atoms with Crippen molar-refractivity contribution < 1.29 is 38.0 Å². The van der Waals surface area contributed by atoms with E-state index in [9.17, 15) is 18.0 Å². The van der Waals surface area contributed by atoms with E-state index in [-0.39, 0.29) is 5.56 Å². The number of carboxylic acid groups (broad SMARTS) is 1. The number of halogens is 4.